The van der Waals surface area contributed by atoms with Crippen LogP contribution in [0.3, 0.4) is 0 Å². The Hall–Kier alpha value is -1.63. The number of urea groups is 1. The van der Waals surface area contributed by atoms with E-state index in [-0.39, 0.29) is 13.1 Å². The third-order valence-corrected chi connectivity index (χ3v) is 1.73. The Kier molecular flexibility index (Phi) is 4.04. The van der Waals surface area contributed by atoms with Crippen molar-refractivity contribution in [2.45, 2.75) is 13.3 Å². The Morgan fingerprint density at radius 1 is 1.60 bits per heavy atom. The van der Waals surface area contributed by atoms with Gasteiger partial charge < -0.3 is 5.32 Å². The molecule has 0 aromatic carbocycles. The van der Waals surface area contributed by atoms with Crippen molar-refractivity contribution in [3.05, 3.63) is 0 Å². The molecule has 1 fully saturated rings. The van der Waals surface area contributed by atoms with Crippen molar-refractivity contribution >= 4 is 17.8 Å². The molecule has 0 unspecified atom stereocenters. The van der Waals surface area contributed by atoms with Crippen molar-refractivity contribution in [3.63, 3.8) is 0 Å². The van der Waals surface area contributed by atoms with E-state index in [1.165, 1.54) is 0 Å². The fraction of sp³-hybridized carbons (Fsp3) is 0.625. The third kappa shape index (κ3) is 3.21. The van der Waals surface area contributed by atoms with Gasteiger partial charge in [0.25, 0.3) is 11.8 Å². The van der Waals surface area contributed by atoms with E-state index in [0.29, 0.717) is 6.61 Å². The minimum absolute atomic E-state index is 0.0536. The van der Waals surface area contributed by atoms with Crippen molar-refractivity contribution in [3.8, 4) is 0 Å². The van der Waals surface area contributed by atoms with Gasteiger partial charge in [0.15, 0.2) is 0 Å². The molecule has 0 aromatic rings. The van der Waals surface area contributed by atoms with Crippen LogP contribution in [0.5, 0.6) is 0 Å². The molecule has 15 heavy (non-hydrogen) atoms. The minimum Gasteiger partial charge on any atom is -0.329 e. The predicted molar refractivity (Wildman–Crippen MR) is 49.5 cm³/mol. The monoisotopic (exact) mass is 215 g/mol. The molecular formula is C8H13N3O4. The second-order valence-corrected chi connectivity index (χ2v) is 3.01. The summed E-state index contributed by atoms with van der Waals surface area (Å²) in [7, 11) is 0. The van der Waals surface area contributed by atoms with Gasteiger partial charge in [0, 0.05) is 0 Å². The molecular weight excluding hydrogens is 202 g/mol. The van der Waals surface area contributed by atoms with Crippen LogP contribution in [0.25, 0.3) is 0 Å². The summed E-state index contributed by atoms with van der Waals surface area (Å²) in [6, 6.07) is -0.550. The number of carbonyl (C=O) groups is 3. The number of nitrogens with zero attached hydrogens (tertiary/aromatic N) is 1. The minimum atomic E-state index is -0.550. The van der Waals surface area contributed by atoms with Crippen LogP contribution in [0.1, 0.15) is 13.3 Å². The van der Waals surface area contributed by atoms with E-state index in [1.807, 2.05) is 6.92 Å². The zero-order valence-corrected chi connectivity index (χ0v) is 8.41. The number of imide groups is 1. The highest BCUT2D eigenvalue weighted by atomic mass is 16.6. The number of hydrogen-bond acceptors (Lipinski definition) is 4. The second kappa shape index (κ2) is 5.30. The number of hydroxylamine groups is 1. The summed E-state index contributed by atoms with van der Waals surface area (Å²) in [5, 5.41) is 2.31. The second-order valence-electron chi connectivity index (χ2n) is 3.01. The molecule has 1 rings (SSSR count). The number of rotatable bonds is 5. The Balaban J connectivity index is 2.31. The standard InChI is InChI=1S/C8H13N3O4/c1-2-3-15-10-6(12)5-11-7(13)4-9-8(11)14/h2-5H2,1H3,(H,9,14)(H,10,12). The summed E-state index contributed by atoms with van der Waals surface area (Å²) in [5.41, 5.74) is 2.14. The topological polar surface area (TPSA) is 87.7 Å². The summed E-state index contributed by atoms with van der Waals surface area (Å²) in [5.74, 6) is -0.931. The van der Waals surface area contributed by atoms with Gasteiger partial charge in [0.1, 0.15) is 6.54 Å². The Bertz CT molecular complexity index is 263. The number of amides is 4. The smallest absolute Gasteiger partial charge is 0.325 e. The normalized spacial score (nSPS) is 15.4. The van der Waals surface area contributed by atoms with Crippen LogP contribution >= 0.6 is 0 Å². The van der Waals surface area contributed by atoms with Gasteiger partial charge in [-0.15, -0.1) is 0 Å². The molecule has 1 heterocycles. The molecule has 7 nitrogen and oxygen atoms in total. The quantitative estimate of drug-likeness (QED) is 0.349. The highest BCUT2D eigenvalue weighted by Gasteiger charge is 2.30. The van der Waals surface area contributed by atoms with Crippen molar-refractivity contribution in [1.29, 1.82) is 0 Å². The molecule has 0 aliphatic carbocycles. The van der Waals surface area contributed by atoms with Gasteiger partial charge in [-0.25, -0.2) is 10.3 Å². The largest absolute Gasteiger partial charge is 0.329 e. The van der Waals surface area contributed by atoms with Gasteiger partial charge in [-0.05, 0) is 6.42 Å². The van der Waals surface area contributed by atoms with E-state index in [1.54, 1.807) is 0 Å². The average molecular weight is 215 g/mol. The molecule has 0 saturated carbocycles. The molecule has 4 amide bonds. The molecule has 0 atom stereocenters. The Morgan fingerprint density at radius 2 is 2.33 bits per heavy atom. The predicted octanol–water partition coefficient (Wildman–Crippen LogP) is -1.00. The van der Waals surface area contributed by atoms with Crippen LogP contribution < -0.4 is 10.8 Å². The molecule has 0 bridgehead atoms. The first kappa shape index (κ1) is 11.4. The van der Waals surface area contributed by atoms with Gasteiger partial charge in [-0.3, -0.25) is 19.3 Å². The zero-order chi connectivity index (χ0) is 11.3. The number of carbonyl (C=O) groups excluding carboxylic acids is 3. The van der Waals surface area contributed by atoms with Crippen molar-refractivity contribution in [2.75, 3.05) is 19.7 Å². The molecule has 84 valence electrons. The molecule has 1 aliphatic heterocycles. The first-order valence-electron chi connectivity index (χ1n) is 4.64. The molecule has 2 N–H and O–H groups in total. The first-order chi connectivity index (χ1) is 7.15. The van der Waals surface area contributed by atoms with Gasteiger partial charge >= 0.3 is 6.03 Å². The van der Waals surface area contributed by atoms with Crippen LogP contribution in [0.2, 0.25) is 0 Å². The summed E-state index contributed by atoms with van der Waals surface area (Å²) in [4.78, 5) is 38.8. The number of hydrogen-bond donors (Lipinski definition) is 2. The van der Waals surface area contributed by atoms with Gasteiger partial charge in [-0.2, -0.15) is 0 Å². The molecule has 1 aliphatic rings. The maximum atomic E-state index is 11.2. The molecule has 0 spiro atoms. The SMILES string of the molecule is CCCONC(=O)CN1C(=O)CNC1=O. The van der Waals surface area contributed by atoms with Crippen LogP contribution in [-0.4, -0.2) is 42.4 Å². The average Bonchev–Trinajstić information content (AvgIpc) is 2.50. The summed E-state index contributed by atoms with van der Waals surface area (Å²) in [6.45, 7) is 1.92. The Morgan fingerprint density at radius 3 is 2.87 bits per heavy atom. The third-order valence-electron chi connectivity index (χ3n) is 1.73. The summed E-state index contributed by atoms with van der Waals surface area (Å²) >= 11 is 0. The maximum absolute atomic E-state index is 11.2. The van der Waals surface area contributed by atoms with E-state index >= 15 is 0 Å². The summed E-state index contributed by atoms with van der Waals surface area (Å²) in [6.07, 6.45) is 0.767. The lowest BCUT2D eigenvalue weighted by Gasteiger charge is -2.11. The van der Waals surface area contributed by atoms with E-state index < -0.39 is 17.8 Å². The van der Waals surface area contributed by atoms with E-state index in [9.17, 15) is 14.4 Å². The van der Waals surface area contributed by atoms with Crippen LogP contribution in [0.4, 0.5) is 4.79 Å². The lowest BCUT2D eigenvalue weighted by atomic mass is 10.5. The zero-order valence-electron chi connectivity index (χ0n) is 8.41. The fourth-order valence-corrected chi connectivity index (χ4v) is 1.02. The lowest BCUT2D eigenvalue weighted by Crippen LogP contribution is -2.40. The van der Waals surface area contributed by atoms with E-state index in [0.717, 1.165) is 11.3 Å². The molecule has 1 saturated heterocycles. The Labute approximate surface area is 86.7 Å². The first-order valence-corrected chi connectivity index (χ1v) is 4.64. The summed E-state index contributed by atoms with van der Waals surface area (Å²) < 4.78 is 0. The molecule has 0 radical (unpaired) electrons. The van der Waals surface area contributed by atoms with Crippen molar-refractivity contribution < 1.29 is 19.2 Å². The lowest BCUT2D eigenvalue weighted by molar-refractivity contribution is -0.138. The van der Waals surface area contributed by atoms with Gasteiger partial charge in [-0.1, -0.05) is 6.92 Å². The fourth-order valence-electron chi connectivity index (χ4n) is 1.02. The van der Waals surface area contributed by atoms with Crippen LogP contribution in [-0.2, 0) is 14.4 Å². The van der Waals surface area contributed by atoms with E-state index in [4.69, 9.17) is 4.84 Å². The van der Waals surface area contributed by atoms with Gasteiger partial charge in [0.05, 0.1) is 13.2 Å². The molecule has 7 heteroatoms. The van der Waals surface area contributed by atoms with Crippen molar-refractivity contribution in [1.82, 2.24) is 15.7 Å². The number of nitrogens with one attached hydrogen (secondary N) is 2. The van der Waals surface area contributed by atoms with E-state index in [2.05, 4.69) is 10.8 Å². The van der Waals surface area contributed by atoms with Gasteiger partial charge in [0.2, 0.25) is 0 Å². The molecule has 0 aromatic heterocycles. The maximum Gasteiger partial charge on any atom is 0.325 e. The van der Waals surface area contributed by atoms with Crippen molar-refractivity contribution in [2.24, 2.45) is 0 Å². The van der Waals surface area contributed by atoms with Crippen LogP contribution in [0, 0.1) is 0 Å². The van der Waals surface area contributed by atoms with Crippen LogP contribution in [0.15, 0.2) is 0 Å². The highest BCUT2D eigenvalue weighted by molar-refractivity contribution is 6.04. The highest BCUT2D eigenvalue weighted by Crippen LogP contribution is 1.97.